The zero-order chi connectivity index (χ0) is 19.9. The maximum atomic E-state index is 12.7. The Hall–Kier alpha value is -3.31. The van der Waals surface area contributed by atoms with E-state index in [1.165, 1.54) is 0 Å². The van der Waals surface area contributed by atoms with Crippen molar-refractivity contribution < 1.29 is 9.90 Å². The molecular formula is C23H25N3O2. The number of carbonyl (C=O) groups is 1. The molecule has 5 heteroatoms. The molecule has 3 aromatic rings. The molecule has 0 saturated carbocycles. The lowest BCUT2D eigenvalue weighted by Gasteiger charge is -2.13. The molecule has 0 heterocycles. The molecule has 144 valence electrons. The van der Waals surface area contributed by atoms with E-state index in [0.29, 0.717) is 24.3 Å². The molecule has 0 radical (unpaired) electrons. The predicted molar refractivity (Wildman–Crippen MR) is 115 cm³/mol. The number of carbonyl (C=O) groups excluding carboxylic acids is 1. The van der Waals surface area contributed by atoms with E-state index >= 15 is 0 Å². The number of rotatable bonds is 7. The van der Waals surface area contributed by atoms with Crippen LogP contribution in [0.5, 0.6) is 5.75 Å². The Balaban J connectivity index is 1.83. The zero-order valence-corrected chi connectivity index (χ0v) is 15.9. The topological polar surface area (TPSA) is 87.4 Å². The van der Waals surface area contributed by atoms with Gasteiger partial charge in [0.05, 0.1) is 5.69 Å². The van der Waals surface area contributed by atoms with Gasteiger partial charge in [-0.1, -0.05) is 43.3 Å². The molecule has 0 aliphatic carbocycles. The second kappa shape index (κ2) is 9.06. The van der Waals surface area contributed by atoms with Crippen molar-refractivity contribution in [2.24, 2.45) is 5.73 Å². The number of hydrogen-bond donors (Lipinski definition) is 4. The van der Waals surface area contributed by atoms with Gasteiger partial charge in [0.25, 0.3) is 5.91 Å². The summed E-state index contributed by atoms with van der Waals surface area (Å²) in [6.45, 7) is 3.26. The Morgan fingerprint density at radius 1 is 0.964 bits per heavy atom. The van der Waals surface area contributed by atoms with Crippen molar-refractivity contribution in [3.8, 4) is 16.9 Å². The highest BCUT2D eigenvalue weighted by atomic mass is 16.3. The third kappa shape index (κ3) is 4.50. The lowest BCUT2D eigenvalue weighted by Crippen LogP contribution is -2.15. The second-order valence-electron chi connectivity index (χ2n) is 6.49. The van der Waals surface area contributed by atoms with Gasteiger partial charge in [-0.15, -0.1) is 0 Å². The summed E-state index contributed by atoms with van der Waals surface area (Å²) in [7, 11) is 0. The number of hydrogen-bond acceptors (Lipinski definition) is 4. The monoisotopic (exact) mass is 375 g/mol. The molecule has 0 saturated heterocycles. The Bertz CT molecular complexity index is 955. The summed E-state index contributed by atoms with van der Waals surface area (Å²) >= 11 is 0. The van der Waals surface area contributed by atoms with Gasteiger partial charge in [-0.05, 0) is 53.4 Å². The molecule has 0 atom stereocenters. The molecule has 5 N–H and O–H groups in total. The standard InChI is InChI=1S/C23H25N3O2/c1-2-16-14-19(8-10-20(16)25-13-12-24)23(28)26-21-15-18(9-11-22(21)27)17-6-4-3-5-7-17/h3-11,14-15,25,27H,2,12-13,24H2,1H3,(H,26,28). The first-order chi connectivity index (χ1) is 13.6. The van der Waals surface area contributed by atoms with Gasteiger partial charge in [-0.25, -0.2) is 0 Å². The summed E-state index contributed by atoms with van der Waals surface area (Å²) in [5.41, 5.74) is 10.4. The highest BCUT2D eigenvalue weighted by molar-refractivity contribution is 6.05. The van der Waals surface area contributed by atoms with Crippen LogP contribution in [0.25, 0.3) is 11.1 Å². The molecule has 0 aliphatic heterocycles. The highest BCUT2D eigenvalue weighted by Gasteiger charge is 2.12. The fourth-order valence-corrected chi connectivity index (χ4v) is 3.05. The summed E-state index contributed by atoms with van der Waals surface area (Å²) in [5, 5.41) is 16.3. The lowest BCUT2D eigenvalue weighted by molar-refractivity contribution is 0.102. The fourth-order valence-electron chi connectivity index (χ4n) is 3.05. The summed E-state index contributed by atoms with van der Waals surface area (Å²) in [5.74, 6) is -0.231. The predicted octanol–water partition coefficient (Wildman–Crippen LogP) is 4.24. The zero-order valence-electron chi connectivity index (χ0n) is 15.9. The Morgan fingerprint density at radius 2 is 1.75 bits per heavy atom. The number of phenolic OH excluding ortho intramolecular Hbond substituents is 1. The fraction of sp³-hybridized carbons (Fsp3) is 0.174. The third-order valence-corrected chi connectivity index (χ3v) is 4.56. The van der Waals surface area contributed by atoms with Crippen molar-refractivity contribution in [3.05, 3.63) is 77.9 Å². The molecule has 0 aliphatic rings. The maximum absolute atomic E-state index is 12.7. The van der Waals surface area contributed by atoms with Crippen LogP contribution in [-0.4, -0.2) is 24.1 Å². The van der Waals surface area contributed by atoms with Gasteiger partial charge in [-0.3, -0.25) is 4.79 Å². The minimum absolute atomic E-state index is 0.0324. The minimum atomic E-state index is -0.263. The van der Waals surface area contributed by atoms with E-state index in [-0.39, 0.29) is 11.7 Å². The summed E-state index contributed by atoms with van der Waals surface area (Å²) < 4.78 is 0. The van der Waals surface area contributed by atoms with E-state index in [1.54, 1.807) is 18.2 Å². The Kier molecular flexibility index (Phi) is 6.29. The van der Waals surface area contributed by atoms with Gasteiger partial charge in [0, 0.05) is 24.3 Å². The smallest absolute Gasteiger partial charge is 0.255 e. The molecular weight excluding hydrogens is 350 g/mol. The number of amides is 1. The number of benzene rings is 3. The molecule has 28 heavy (non-hydrogen) atoms. The van der Waals surface area contributed by atoms with Gasteiger partial charge in [-0.2, -0.15) is 0 Å². The summed E-state index contributed by atoms with van der Waals surface area (Å²) in [6, 6.07) is 20.5. The van der Waals surface area contributed by atoms with Gasteiger partial charge >= 0.3 is 0 Å². The number of anilines is 2. The van der Waals surface area contributed by atoms with Crippen LogP contribution in [-0.2, 0) is 6.42 Å². The van der Waals surface area contributed by atoms with Crippen LogP contribution in [0.3, 0.4) is 0 Å². The average molecular weight is 375 g/mol. The van der Waals surface area contributed by atoms with Crippen LogP contribution in [0.1, 0.15) is 22.8 Å². The molecule has 5 nitrogen and oxygen atoms in total. The molecule has 3 aromatic carbocycles. The van der Waals surface area contributed by atoms with E-state index in [1.807, 2.05) is 55.5 Å². The number of nitrogens with one attached hydrogen (secondary N) is 2. The van der Waals surface area contributed by atoms with E-state index in [4.69, 9.17) is 5.73 Å². The quantitative estimate of drug-likeness (QED) is 0.465. The van der Waals surface area contributed by atoms with Gasteiger partial charge in [0.1, 0.15) is 5.75 Å². The van der Waals surface area contributed by atoms with Crippen molar-refractivity contribution in [1.29, 1.82) is 0 Å². The summed E-state index contributed by atoms with van der Waals surface area (Å²) in [4.78, 5) is 12.7. The number of phenols is 1. The van der Waals surface area contributed by atoms with Crippen molar-refractivity contribution in [3.63, 3.8) is 0 Å². The van der Waals surface area contributed by atoms with Crippen LogP contribution in [0, 0.1) is 0 Å². The molecule has 0 bridgehead atoms. The SMILES string of the molecule is CCc1cc(C(=O)Nc2cc(-c3ccccc3)ccc2O)ccc1NCCN. The number of aromatic hydroxyl groups is 1. The Labute approximate surface area is 165 Å². The van der Waals surface area contributed by atoms with Crippen LogP contribution in [0.2, 0.25) is 0 Å². The minimum Gasteiger partial charge on any atom is -0.506 e. The molecule has 0 fully saturated rings. The highest BCUT2D eigenvalue weighted by Crippen LogP contribution is 2.30. The Morgan fingerprint density at radius 3 is 2.46 bits per heavy atom. The average Bonchev–Trinajstić information content (AvgIpc) is 2.74. The van der Waals surface area contributed by atoms with Crippen LogP contribution < -0.4 is 16.4 Å². The van der Waals surface area contributed by atoms with E-state index in [0.717, 1.165) is 28.8 Å². The van der Waals surface area contributed by atoms with E-state index < -0.39 is 0 Å². The van der Waals surface area contributed by atoms with E-state index in [2.05, 4.69) is 10.6 Å². The lowest BCUT2D eigenvalue weighted by atomic mass is 10.0. The maximum Gasteiger partial charge on any atom is 0.255 e. The van der Waals surface area contributed by atoms with Gasteiger partial charge < -0.3 is 21.5 Å². The first-order valence-corrected chi connectivity index (χ1v) is 9.39. The summed E-state index contributed by atoms with van der Waals surface area (Å²) in [6.07, 6.45) is 0.794. The van der Waals surface area contributed by atoms with Crippen LogP contribution in [0.15, 0.2) is 66.7 Å². The molecule has 0 aromatic heterocycles. The molecule has 0 spiro atoms. The van der Waals surface area contributed by atoms with Crippen LogP contribution in [0.4, 0.5) is 11.4 Å². The van der Waals surface area contributed by atoms with Gasteiger partial charge in [0.15, 0.2) is 0 Å². The third-order valence-electron chi connectivity index (χ3n) is 4.56. The molecule has 3 rings (SSSR count). The largest absolute Gasteiger partial charge is 0.506 e. The number of nitrogens with two attached hydrogens (primary N) is 1. The molecule has 1 amide bonds. The number of aryl methyl sites for hydroxylation is 1. The van der Waals surface area contributed by atoms with Crippen molar-refractivity contribution in [2.45, 2.75) is 13.3 Å². The van der Waals surface area contributed by atoms with E-state index in [9.17, 15) is 9.90 Å². The first kappa shape index (κ1) is 19.5. The normalized spacial score (nSPS) is 10.5. The van der Waals surface area contributed by atoms with Crippen LogP contribution >= 0.6 is 0 Å². The first-order valence-electron chi connectivity index (χ1n) is 9.39. The second-order valence-corrected chi connectivity index (χ2v) is 6.49. The molecule has 0 unspecified atom stereocenters. The van der Waals surface area contributed by atoms with Gasteiger partial charge in [0.2, 0.25) is 0 Å². The van der Waals surface area contributed by atoms with Crippen molar-refractivity contribution in [1.82, 2.24) is 0 Å². The van der Waals surface area contributed by atoms with Crippen molar-refractivity contribution >= 4 is 17.3 Å². The van der Waals surface area contributed by atoms with Crippen molar-refractivity contribution in [2.75, 3.05) is 23.7 Å².